The smallest absolute Gasteiger partial charge is 0.262 e. The fourth-order valence-corrected chi connectivity index (χ4v) is 14.0. The number of carbonyl (C=O) groups is 4. The molecule has 0 saturated heterocycles. The van der Waals surface area contributed by atoms with Crippen molar-refractivity contribution in [2.45, 2.75) is 90.9 Å². The second-order valence-corrected chi connectivity index (χ2v) is 22.5. The van der Waals surface area contributed by atoms with Crippen LogP contribution in [0.25, 0.3) is 120 Å². The van der Waals surface area contributed by atoms with Gasteiger partial charge >= 0.3 is 0 Å². The van der Waals surface area contributed by atoms with Crippen molar-refractivity contribution < 1.29 is 19.2 Å². The van der Waals surface area contributed by atoms with Crippen LogP contribution in [0.2, 0.25) is 0 Å². The molecule has 0 spiro atoms. The topological polar surface area (TPSA) is 74.8 Å². The van der Waals surface area contributed by atoms with Gasteiger partial charge in [-0.1, -0.05) is 224 Å². The van der Waals surface area contributed by atoms with Gasteiger partial charge in [0.25, 0.3) is 23.6 Å². The van der Waals surface area contributed by atoms with E-state index in [1.54, 1.807) is 0 Å². The van der Waals surface area contributed by atoms with Gasteiger partial charge in [0.1, 0.15) is 0 Å². The van der Waals surface area contributed by atoms with Gasteiger partial charge in [0.15, 0.2) is 0 Å². The van der Waals surface area contributed by atoms with E-state index in [1.165, 1.54) is 22.6 Å². The zero-order valence-electron chi connectivity index (χ0n) is 45.6. The minimum absolute atomic E-state index is 0.240. The number of unbranched alkanes of at least 4 members (excludes halogenated alkanes) is 10. The third-order valence-corrected chi connectivity index (χ3v) is 17.8. The highest BCUT2D eigenvalue weighted by molar-refractivity contribution is 6.47. The van der Waals surface area contributed by atoms with E-state index in [2.05, 4.69) is 111 Å². The first kappa shape index (κ1) is 49.5. The normalized spacial score (nSPS) is 13.6. The van der Waals surface area contributed by atoms with E-state index in [1.807, 2.05) is 72.8 Å². The molecule has 6 heteroatoms. The highest BCUT2D eigenvalue weighted by atomic mass is 16.2. The van der Waals surface area contributed by atoms with Crippen molar-refractivity contribution in [1.29, 1.82) is 0 Å². The molecule has 2 aliphatic heterocycles. The van der Waals surface area contributed by atoms with Crippen molar-refractivity contribution in [3.8, 4) is 44.5 Å². The molecular weight excluding hydrogens is 981 g/mol. The standard InChI is InChI=1S/C74H62N2O4/c1-3-5-7-9-11-25-39-75-71(77)65-53(45-27-17-13-18-28-45)41-57-49-35-37-51-59-43-55(47-31-21-15-22-32-47)67-70-64(59)60(44-56(48-33-23-16-24-34-48)68(70)74(80)76(73(67)79)40-26-12-10-8-6-4-2)52-38-36-50(61(49)62(51)52)58-42-54(46-29-19-14-20-30-46)66(72(75)78)69(65)63(57)58/h13-24,27-38,41-44H,3-12,25-26,39-40H2,1-2H3. The first-order valence-electron chi connectivity index (χ1n) is 29.3. The zero-order chi connectivity index (χ0) is 54.2. The fourth-order valence-electron chi connectivity index (χ4n) is 14.0. The summed E-state index contributed by atoms with van der Waals surface area (Å²) in [6, 6.07) is 58.6. The van der Waals surface area contributed by atoms with E-state index in [0.717, 1.165) is 184 Å². The van der Waals surface area contributed by atoms with E-state index >= 15 is 19.2 Å². The summed E-state index contributed by atoms with van der Waals surface area (Å²) < 4.78 is 0. The average Bonchev–Trinajstić information content (AvgIpc) is 3.11. The molecule has 0 N–H and O–H groups in total. The van der Waals surface area contributed by atoms with E-state index in [4.69, 9.17) is 0 Å². The van der Waals surface area contributed by atoms with Crippen LogP contribution >= 0.6 is 0 Å². The van der Waals surface area contributed by atoms with Crippen LogP contribution in [0.5, 0.6) is 0 Å². The molecular formula is C74H62N2O4. The molecule has 12 aromatic carbocycles. The SMILES string of the molecule is CCCCCCCCN1C(=O)c2c(-c3ccccc3)cc3c4ccc5c6cc(-c7ccccc7)c7c8c(c(-c9ccccc9)cc(c9ccc(c%10cc(-c%11ccccc%11)c(c2c3%10)C1=O)c4c59)c86)C(=O)N(CCCCCCCC)C7=O. The van der Waals surface area contributed by atoms with Gasteiger partial charge in [-0.25, -0.2) is 0 Å². The van der Waals surface area contributed by atoms with Gasteiger partial charge in [0.2, 0.25) is 0 Å². The quantitative estimate of drug-likeness (QED) is 0.0371. The maximum absolute atomic E-state index is 15.5. The van der Waals surface area contributed by atoms with Crippen LogP contribution in [0.3, 0.4) is 0 Å². The molecule has 0 aromatic heterocycles. The number of nitrogens with zero attached hydrogens (tertiary/aromatic N) is 2. The Kier molecular flexibility index (Phi) is 12.5. The predicted octanol–water partition coefficient (Wildman–Crippen LogP) is 19.2. The number of amides is 4. The zero-order valence-corrected chi connectivity index (χ0v) is 45.6. The van der Waals surface area contributed by atoms with Gasteiger partial charge < -0.3 is 0 Å². The lowest BCUT2D eigenvalue weighted by Crippen LogP contribution is -2.41. The van der Waals surface area contributed by atoms with Gasteiger partial charge in [-0.05, 0) is 146 Å². The van der Waals surface area contributed by atoms with Crippen LogP contribution in [0.15, 0.2) is 170 Å². The second kappa shape index (κ2) is 20.2. The Balaban J connectivity index is 1.09. The highest BCUT2D eigenvalue weighted by Gasteiger charge is 2.41. The minimum Gasteiger partial charge on any atom is -0.274 e. The molecule has 6 nitrogen and oxygen atoms in total. The molecule has 4 amide bonds. The fraction of sp³-hybridized carbons (Fsp3) is 0.216. The number of benzene rings is 12. The summed E-state index contributed by atoms with van der Waals surface area (Å²) >= 11 is 0. The number of fused-ring (bicyclic) bond motifs is 4. The molecule has 12 aromatic rings. The molecule has 0 saturated carbocycles. The van der Waals surface area contributed by atoms with E-state index in [-0.39, 0.29) is 23.6 Å². The van der Waals surface area contributed by atoms with Crippen molar-refractivity contribution in [3.63, 3.8) is 0 Å². The van der Waals surface area contributed by atoms with Gasteiger partial charge in [-0.15, -0.1) is 0 Å². The molecule has 2 aliphatic rings. The molecule has 0 aliphatic carbocycles. The number of carbonyl (C=O) groups excluding carboxylic acids is 4. The van der Waals surface area contributed by atoms with Crippen LogP contribution in [-0.2, 0) is 0 Å². The van der Waals surface area contributed by atoms with E-state index < -0.39 is 0 Å². The third kappa shape index (κ3) is 7.66. The van der Waals surface area contributed by atoms with Gasteiger partial charge in [-0.2, -0.15) is 0 Å². The molecule has 392 valence electrons. The van der Waals surface area contributed by atoms with Crippen LogP contribution in [0.1, 0.15) is 132 Å². The maximum Gasteiger partial charge on any atom is 0.262 e. The van der Waals surface area contributed by atoms with Gasteiger partial charge in [0, 0.05) is 23.9 Å². The van der Waals surface area contributed by atoms with Crippen LogP contribution in [-0.4, -0.2) is 46.5 Å². The van der Waals surface area contributed by atoms with E-state index in [9.17, 15) is 0 Å². The predicted molar refractivity (Wildman–Crippen MR) is 331 cm³/mol. The Morgan fingerprint density at radius 1 is 0.263 bits per heavy atom. The Hall–Kier alpha value is -8.74. The summed E-state index contributed by atoms with van der Waals surface area (Å²) in [6.45, 7) is 5.15. The summed E-state index contributed by atoms with van der Waals surface area (Å²) in [5.74, 6) is -0.959. The van der Waals surface area contributed by atoms with Gasteiger partial charge in [0.05, 0.1) is 22.3 Å². The molecule has 0 unspecified atom stereocenters. The first-order valence-corrected chi connectivity index (χ1v) is 29.3. The van der Waals surface area contributed by atoms with Gasteiger partial charge in [-0.3, -0.25) is 29.0 Å². The average molecular weight is 1040 g/mol. The largest absolute Gasteiger partial charge is 0.274 e. The number of rotatable bonds is 18. The molecule has 0 bridgehead atoms. The Labute approximate surface area is 466 Å². The van der Waals surface area contributed by atoms with Crippen molar-refractivity contribution >= 4 is 99.0 Å². The lowest BCUT2D eigenvalue weighted by atomic mass is 9.76. The van der Waals surface area contributed by atoms with Crippen LogP contribution < -0.4 is 0 Å². The summed E-state index contributed by atoms with van der Waals surface area (Å²) in [5, 5.41) is 13.5. The third-order valence-electron chi connectivity index (χ3n) is 17.8. The summed E-state index contributed by atoms with van der Waals surface area (Å²) in [7, 11) is 0. The summed E-state index contributed by atoms with van der Waals surface area (Å²) in [4.78, 5) is 65.0. The van der Waals surface area contributed by atoms with Crippen LogP contribution in [0.4, 0.5) is 0 Å². The summed E-state index contributed by atoms with van der Waals surface area (Å²) in [6.07, 6.45) is 12.5. The van der Waals surface area contributed by atoms with Crippen molar-refractivity contribution in [1.82, 2.24) is 9.80 Å². The molecule has 0 fully saturated rings. The monoisotopic (exact) mass is 1040 g/mol. The highest BCUT2D eigenvalue weighted by Crippen LogP contribution is 2.55. The van der Waals surface area contributed by atoms with Crippen LogP contribution in [0, 0.1) is 0 Å². The van der Waals surface area contributed by atoms with Crippen molar-refractivity contribution in [2.24, 2.45) is 0 Å². The number of hydrogen-bond donors (Lipinski definition) is 0. The Bertz CT molecular complexity index is 3910. The lowest BCUT2D eigenvalue weighted by molar-refractivity contribution is 0.0593. The second-order valence-electron chi connectivity index (χ2n) is 22.5. The Morgan fingerprint density at radius 2 is 0.500 bits per heavy atom. The lowest BCUT2D eigenvalue weighted by Gasteiger charge is -2.32. The first-order chi connectivity index (χ1) is 39.4. The molecule has 2 heterocycles. The Morgan fingerprint density at radius 3 is 0.762 bits per heavy atom. The maximum atomic E-state index is 15.5. The number of hydrogen-bond acceptors (Lipinski definition) is 4. The minimum atomic E-state index is -0.240. The summed E-state index contributed by atoms with van der Waals surface area (Å²) in [5.41, 5.74) is 9.21. The molecule has 0 radical (unpaired) electrons. The molecule has 14 rings (SSSR count). The number of imide groups is 2. The molecule has 0 atom stereocenters. The molecule has 80 heavy (non-hydrogen) atoms. The van der Waals surface area contributed by atoms with E-state index in [0.29, 0.717) is 35.3 Å². The van der Waals surface area contributed by atoms with Crippen molar-refractivity contribution in [2.75, 3.05) is 13.1 Å². The van der Waals surface area contributed by atoms with Crippen molar-refractivity contribution in [3.05, 3.63) is 192 Å².